The Morgan fingerprint density at radius 3 is 2.11 bits per heavy atom. The minimum Gasteiger partial charge on any atom is -0.381 e. The molecule has 0 aromatic heterocycles. The van der Waals surface area contributed by atoms with Crippen molar-refractivity contribution in [2.24, 2.45) is 5.73 Å². The molecule has 1 aromatic carbocycles. The molecule has 2 fully saturated rings. The van der Waals surface area contributed by atoms with Crippen molar-refractivity contribution in [3.8, 4) is 0 Å². The summed E-state index contributed by atoms with van der Waals surface area (Å²) in [5.74, 6) is -0.247. The number of nitrogens with zero attached hydrogens (tertiary/aromatic N) is 2. The predicted octanol–water partition coefficient (Wildman–Crippen LogP) is 0.230. The molecule has 2 saturated heterocycles. The van der Waals surface area contributed by atoms with Crippen molar-refractivity contribution < 1.29 is 22.7 Å². The number of carbonyl (C=O) groups excluding carboxylic acids is 2. The lowest BCUT2D eigenvalue weighted by Crippen LogP contribution is -2.61. The van der Waals surface area contributed by atoms with Gasteiger partial charge in [-0.2, -0.15) is 4.31 Å². The lowest BCUT2D eigenvalue weighted by Gasteiger charge is -2.40. The minimum absolute atomic E-state index is 0.116. The third-order valence-electron chi connectivity index (χ3n) is 5.24. The van der Waals surface area contributed by atoms with Crippen molar-refractivity contribution in [2.45, 2.75) is 30.2 Å². The third-order valence-corrected chi connectivity index (χ3v) is 7.15. The van der Waals surface area contributed by atoms with Gasteiger partial charge in [0.05, 0.1) is 10.4 Å². The van der Waals surface area contributed by atoms with Crippen LogP contribution >= 0.6 is 0 Å². The molecule has 0 spiro atoms. The number of Topliss-reactive ketones (excluding diaryl/α,β-unsaturated/α-hetero) is 1. The highest BCUT2D eigenvalue weighted by atomic mass is 32.2. The van der Waals surface area contributed by atoms with E-state index in [1.807, 2.05) is 0 Å². The first-order chi connectivity index (χ1) is 12.7. The molecular weight excluding hydrogens is 370 g/mol. The summed E-state index contributed by atoms with van der Waals surface area (Å²) in [4.78, 5) is 25.9. The molecule has 0 radical (unpaired) electrons. The number of ether oxygens (including phenoxy) is 1. The molecule has 2 N–H and O–H groups in total. The smallest absolute Gasteiger partial charge is 0.243 e. The second-order valence-corrected chi connectivity index (χ2v) is 8.98. The summed E-state index contributed by atoms with van der Waals surface area (Å²) in [5.41, 5.74) is 5.80. The first-order valence-corrected chi connectivity index (χ1v) is 10.5. The van der Waals surface area contributed by atoms with E-state index < -0.39 is 15.6 Å². The van der Waals surface area contributed by atoms with Crippen molar-refractivity contribution >= 4 is 21.7 Å². The molecule has 9 heteroatoms. The molecule has 0 atom stereocenters. The zero-order valence-corrected chi connectivity index (χ0v) is 16.2. The third kappa shape index (κ3) is 4.06. The van der Waals surface area contributed by atoms with Crippen LogP contribution in [0.2, 0.25) is 0 Å². The fourth-order valence-corrected chi connectivity index (χ4v) is 4.83. The van der Waals surface area contributed by atoms with Gasteiger partial charge in [-0.1, -0.05) is 12.1 Å². The van der Waals surface area contributed by atoms with E-state index in [0.29, 0.717) is 44.7 Å². The van der Waals surface area contributed by atoms with Crippen molar-refractivity contribution in [3.63, 3.8) is 0 Å². The van der Waals surface area contributed by atoms with Gasteiger partial charge in [0.1, 0.15) is 0 Å². The summed E-state index contributed by atoms with van der Waals surface area (Å²) >= 11 is 0. The number of hydrogen-bond donors (Lipinski definition) is 1. The number of nitrogens with two attached hydrogens (primary N) is 1. The molecule has 3 rings (SSSR count). The van der Waals surface area contributed by atoms with Crippen LogP contribution in [0.5, 0.6) is 0 Å². The second kappa shape index (κ2) is 7.67. The Balaban J connectivity index is 1.65. The normalized spacial score (nSPS) is 21.0. The van der Waals surface area contributed by atoms with E-state index in [4.69, 9.17) is 10.5 Å². The van der Waals surface area contributed by atoms with Gasteiger partial charge in [0.25, 0.3) is 0 Å². The van der Waals surface area contributed by atoms with Gasteiger partial charge in [-0.3, -0.25) is 9.59 Å². The van der Waals surface area contributed by atoms with E-state index in [-0.39, 0.29) is 29.7 Å². The van der Waals surface area contributed by atoms with Gasteiger partial charge in [-0.15, -0.1) is 0 Å². The highest BCUT2D eigenvalue weighted by Gasteiger charge is 2.40. The van der Waals surface area contributed by atoms with Crippen LogP contribution in [-0.2, 0) is 19.6 Å². The van der Waals surface area contributed by atoms with Crippen LogP contribution in [0.15, 0.2) is 29.2 Å². The van der Waals surface area contributed by atoms with Crippen molar-refractivity contribution in [2.75, 3.05) is 39.4 Å². The summed E-state index contributed by atoms with van der Waals surface area (Å²) in [6.07, 6.45) is 0.958. The SMILES string of the molecule is CC(=O)c1ccc(S(=O)(=O)N2CCN(C(=O)C3(N)CCOCC3)CC2)cc1. The number of hydrogen-bond acceptors (Lipinski definition) is 6. The van der Waals surface area contributed by atoms with Gasteiger partial charge in [-0.25, -0.2) is 8.42 Å². The number of piperazine rings is 1. The Morgan fingerprint density at radius 1 is 1.04 bits per heavy atom. The highest BCUT2D eigenvalue weighted by Crippen LogP contribution is 2.23. The molecule has 0 unspecified atom stereocenters. The number of rotatable bonds is 4. The molecular formula is C18H25N3O5S. The molecule has 27 heavy (non-hydrogen) atoms. The van der Waals surface area contributed by atoms with Crippen molar-refractivity contribution in [1.82, 2.24) is 9.21 Å². The maximum absolute atomic E-state index is 12.8. The number of ketones is 1. The quantitative estimate of drug-likeness (QED) is 0.731. The molecule has 148 valence electrons. The van der Waals surface area contributed by atoms with Gasteiger partial charge < -0.3 is 15.4 Å². The molecule has 2 aliphatic heterocycles. The molecule has 0 aliphatic carbocycles. The van der Waals surface area contributed by atoms with E-state index in [9.17, 15) is 18.0 Å². The second-order valence-electron chi connectivity index (χ2n) is 7.05. The maximum Gasteiger partial charge on any atom is 0.243 e. The Kier molecular flexibility index (Phi) is 5.66. The molecule has 0 bridgehead atoms. The lowest BCUT2D eigenvalue weighted by molar-refractivity contribution is -0.141. The van der Waals surface area contributed by atoms with Crippen LogP contribution < -0.4 is 5.73 Å². The van der Waals surface area contributed by atoms with Crippen LogP contribution in [0.1, 0.15) is 30.1 Å². The lowest BCUT2D eigenvalue weighted by atomic mass is 9.89. The highest BCUT2D eigenvalue weighted by molar-refractivity contribution is 7.89. The molecule has 2 heterocycles. The van der Waals surface area contributed by atoms with Gasteiger partial charge in [0, 0.05) is 45.0 Å². The molecule has 1 aromatic rings. The number of carbonyl (C=O) groups is 2. The first-order valence-electron chi connectivity index (χ1n) is 9.01. The molecule has 8 nitrogen and oxygen atoms in total. The standard InChI is InChI=1S/C18H25N3O5S/c1-14(22)15-2-4-16(5-3-15)27(24,25)21-10-8-20(9-11-21)17(23)18(19)6-12-26-13-7-18/h2-5H,6-13,19H2,1H3. The zero-order chi connectivity index (χ0) is 19.7. The van der Waals surface area contributed by atoms with E-state index >= 15 is 0 Å². The summed E-state index contributed by atoms with van der Waals surface area (Å²) in [7, 11) is -3.66. The van der Waals surface area contributed by atoms with Gasteiger partial charge >= 0.3 is 0 Å². The van der Waals surface area contributed by atoms with Crippen LogP contribution in [0, 0.1) is 0 Å². The van der Waals surface area contributed by atoms with E-state index in [1.165, 1.54) is 35.5 Å². The van der Waals surface area contributed by atoms with Crippen LogP contribution in [-0.4, -0.2) is 74.2 Å². The summed E-state index contributed by atoms with van der Waals surface area (Å²) < 4.78 is 32.3. The van der Waals surface area contributed by atoms with E-state index in [1.54, 1.807) is 4.90 Å². The van der Waals surface area contributed by atoms with Gasteiger partial charge in [0.15, 0.2) is 5.78 Å². The van der Waals surface area contributed by atoms with Crippen molar-refractivity contribution in [3.05, 3.63) is 29.8 Å². The fourth-order valence-electron chi connectivity index (χ4n) is 3.41. The summed E-state index contributed by atoms with van der Waals surface area (Å²) in [5, 5.41) is 0. The predicted molar refractivity (Wildman–Crippen MR) is 98.8 cm³/mol. The van der Waals surface area contributed by atoms with Gasteiger partial charge in [-0.05, 0) is 31.9 Å². The van der Waals surface area contributed by atoms with E-state index in [2.05, 4.69) is 0 Å². The Labute approximate surface area is 159 Å². The largest absolute Gasteiger partial charge is 0.381 e. The number of benzene rings is 1. The first kappa shape index (κ1) is 19.9. The van der Waals surface area contributed by atoms with Gasteiger partial charge in [0.2, 0.25) is 15.9 Å². The van der Waals surface area contributed by atoms with E-state index in [0.717, 1.165) is 0 Å². The zero-order valence-electron chi connectivity index (χ0n) is 15.4. The monoisotopic (exact) mass is 395 g/mol. The van der Waals surface area contributed by atoms with Crippen LogP contribution in [0.3, 0.4) is 0 Å². The average molecular weight is 395 g/mol. The molecule has 1 amide bonds. The van der Waals surface area contributed by atoms with Crippen LogP contribution in [0.25, 0.3) is 0 Å². The fraction of sp³-hybridized carbons (Fsp3) is 0.556. The topological polar surface area (TPSA) is 110 Å². The number of amides is 1. The molecule has 0 saturated carbocycles. The summed E-state index contributed by atoms with van der Waals surface area (Å²) in [6, 6.07) is 5.91. The maximum atomic E-state index is 12.8. The Morgan fingerprint density at radius 2 is 1.59 bits per heavy atom. The molecule has 2 aliphatic rings. The summed E-state index contributed by atoms with van der Waals surface area (Å²) in [6.45, 7) is 3.42. The van der Waals surface area contributed by atoms with Crippen molar-refractivity contribution in [1.29, 1.82) is 0 Å². The Hall–Kier alpha value is -1.81. The average Bonchev–Trinajstić information content (AvgIpc) is 2.68. The minimum atomic E-state index is -3.66. The Bertz CT molecular complexity index is 808. The number of sulfonamides is 1. The van der Waals surface area contributed by atoms with Crippen LogP contribution in [0.4, 0.5) is 0 Å².